The zero-order valence-corrected chi connectivity index (χ0v) is 16.6. The maximum Gasteiger partial charge on any atom is 0.255 e. The van der Waals surface area contributed by atoms with Crippen LogP contribution in [0.15, 0.2) is 41.1 Å². The fourth-order valence-corrected chi connectivity index (χ4v) is 3.80. The number of benzene rings is 1. The largest absolute Gasteiger partial charge is 0.497 e. The second kappa shape index (κ2) is 8.48. The number of aromatic nitrogens is 3. The second-order valence-electron chi connectivity index (χ2n) is 7.38. The normalized spacial score (nSPS) is 17.2. The van der Waals surface area contributed by atoms with Crippen LogP contribution in [0.3, 0.4) is 0 Å². The molecule has 8 nitrogen and oxygen atoms in total. The standard InChI is InChI=1S/C21H25N5O3/c1-14-10-17(25-29-14)13-26-9-3-4-16(12-26)20-19(11-22-24-20)23-21(27)15-5-7-18(28-2)8-6-15/h5-8,10-11,16H,3-4,9,12-13H2,1-2H3,(H,22,24)(H,23,27)/t16-/m0/s1. The van der Waals surface area contributed by atoms with Crippen molar-refractivity contribution in [3.8, 4) is 5.75 Å². The smallest absolute Gasteiger partial charge is 0.255 e. The Morgan fingerprint density at radius 1 is 1.38 bits per heavy atom. The molecule has 152 valence electrons. The molecule has 2 N–H and O–H groups in total. The zero-order valence-electron chi connectivity index (χ0n) is 16.6. The predicted octanol–water partition coefficient (Wildman–Crippen LogP) is 3.35. The van der Waals surface area contributed by atoms with E-state index in [4.69, 9.17) is 9.26 Å². The maximum atomic E-state index is 12.6. The van der Waals surface area contributed by atoms with E-state index >= 15 is 0 Å². The third-order valence-electron chi connectivity index (χ3n) is 5.25. The average Bonchev–Trinajstić information content (AvgIpc) is 3.37. The lowest BCUT2D eigenvalue weighted by Crippen LogP contribution is -2.34. The number of rotatable bonds is 6. The van der Waals surface area contributed by atoms with Crippen LogP contribution >= 0.6 is 0 Å². The lowest BCUT2D eigenvalue weighted by Gasteiger charge is -2.32. The van der Waals surface area contributed by atoms with Crippen molar-refractivity contribution in [3.05, 3.63) is 59.2 Å². The van der Waals surface area contributed by atoms with Crippen LogP contribution in [0.4, 0.5) is 5.69 Å². The van der Waals surface area contributed by atoms with Gasteiger partial charge < -0.3 is 14.6 Å². The molecule has 0 spiro atoms. The fraction of sp³-hybridized carbons (Fsp3) is 0.381. The summed E-state index contributed by atoms with van der Waals surface area (Å²) in [4.78, 5) is 15.0. The number of carbonyl (C=O) groups excluding carboxylic acids is 1. The molecular weight excluding hydrogens is 370 g/mol. The molecule has 1 atom stereocenters. The summed E-state index contributed by atoms with van der Waals surface area (Å²) in [7, 11) is 1.60. The van der Waals surface area contributed by atoms with E-state index in [1.54, 1.807) is 37.6 Å². The van der Waals surface area contributed by atoms with E-state index in [2.05, 4.69) is 25.6 Å². The number of nitrogens with zero attached hydrogens (tertiary/aromatic N) is 3. The van der Waals surface area contributed by atoms with E-state index in [0.29, 0.717) is 5.56 Å². The number of piperidine rings is 1. The number of carbonyl (C=O) groups is 1. The van der Waals surface area contributed by atoms with Gasteiger partial charge in [0, 0.05) is 30.6 Å². The first kappa shape index (κ1) is 19.2. The fourth-order valence-electron chi connectivity index (χ4n) is 3.80. The van der Waals surface area contributed by atoms with Crippen molar-refractivity contribution in [2.75, 3.05) is 25.5 Å². The number of ether oxygens (including phenoxy) is 1. The van der Waals surface area contributed by atoms with Gasteiger partial charge in [-0.3, -0.25) is 14.8 Å². The van der Waals surface area contributed by atoms with Gasteiger partial charge in [0.2, 0.25) is 0 Å². The number of hydrogen-bond acceptors (Lipinski definition) is 6. The summed E-state index contributed by atoms with van der Waals surface area (Å²) in [5.41, 5.74) is 3.22. The number of amides is 1. The van der Waals surface area contributed by atoms with E-state index < -0.39 is 0 Å². The molecule has 29 heavy (non-hydrogen) atoms. The molecule has 1 amide bonds. The number of aromatic amines is 1. The predicted molar refractivity (Wildman–Crippen MR) is 108 cm³/mol. The molecule has 1 aliphatic rings. The molecule has 3 aromatic rings. The van der Waals surface area contributed by atoms with Crippen LogP contribution in [0.5, 0.6) is 5.75 Å². The highest BCUT2D eigenvalue weighted by Gasteiger charge is 2.26. The highest BCUT2D eigenvalue weighted by Crippen LogP contribution is 2.31. The number of anilines is 1. The first-order valence-corrected chi connectivity index (χ1v) is 9.75. The Bertz CT molecular complexity index is 963. The molecule has 1 saturated heterocycles. The topological polar surface area (TPSA) is 96.3 Å². The molecule has 3 heterocycles. The number of methoxy groups -OCH3 is 1. The third-order valence-corrected chi connectivity index (χ3v) is 5.25. The average molecular weight is 395 g/mol. The molecular formula is C21H25N5O3. The van der Waals surface area contributed by atoms with E-state index in [1.807, 2.05) is 13.0 Å². The van der Waals surface area contributed by atoms with Crippen LogP contribution in [0.1, 0.15) is 46.3 Å². The van der Waals surface area contributed by atoms with Crippen LogP contribution in [0.25, 0.3) is 0 Å². The van der Waals surface area contributed by atoms with Gasteiger partial charge >= 0.3 is 0 Å². The number of likely N-dealkylation sites (tertiary alicyclic amines) is 1. The summed E-state index contributed by atoms with van der Waals surface area (Å²) < 4.78 is 10.3. The van der Waals surface area contributed by atoms with Gasteiger partial charge in [-0.1, -0.05) is 5.16 Å². The van der Waals surface area contributed by atoms with E-state index in [0.717, 1.165) is 61.1 Å². The van der Waals surface area contributed by atoms with Crippen molar-refractivity contribution in [2.24, 2.45) is 0 Å². The Hall–Kier alpha value is -3.13. The van der Waals surface area contributed by atoms with Gasteiger partial charge in [0.1, 0.15) is 11.5 Å². The molecule has 8 heteroatoms. The van der Waals surface area contributed by atoms with Gasteiger partial charge in [0.05, 0.1) is 30.4 Å². The first-order valence-electron chi connectivity index (χ1n) is 9.75. The minimum Gasteiger partial charge on any atom is -0.497 e. The molecule has 0 radical (unpaired) electrons. The minimum atomic E-state index is -0.166. The number of nitrogens with one attached hydrogen (secondary N) is 2. The van der Waals surface area contributed by atoms with Crippen LogP contribution in [0.2, 0.25) is 0 Å². The molecule has 0 bridgehead atoms. The summed E-state index contributed by atoms with van der Waals surface area (Å²) in [6.07, 6.45) is 3.80. The minimum absolute atomic E-state index is 0.166. The SMILES string of the molecule is COc1ccc(C(=O)Nc2cn[nH]c2[C@H]2CCCN(Cc3cc(C)on3)C2)cc1. The third kappa shape index (κ3) is 4.48. The number of aryl methyl sites for hydroxylation is 1. The van der Waals surface area contributed by atoms with E-state index in [-0.39, 0.29) is 11.8 Å². The molecule has 1 aliphatic heterocycles. The highest BCUT2D eigenvalue weighted by molar-refractivity contribution is 6.04. The second-order valence-corrected chi connectivity index (χ2v) is 7.38. The quantitative estimate of drug-likeness (QED) is 0.664. The van der Waals surface area contributed by atoms with Crippen molar-refractivity contribution < 1.29 is 14.1 Å². The number of hydrogen-bond donors (Lipinski definition) is 2. The molecule has 1 aromatic carbocycles. The Labute approximate surface area is 169 Å². The van der Waals surface area contributed by atoms with Crippen LogP contribution in [-0.2, 0) is 6.54 Å². The Balaban J connectivity index is 1.43. The van der Waals surface area contributed by atoms with Gasteiger partial charge in [0.15, 0.2) is 0 Å². The Morgan fingerprint density at radius 2 is 2.21 bits per heavy atom. The lowest BCUT2D eigenvalue weighted by molar-refractivity contribution is 0.102. The Kier molecular flexibility index (Phi) is 5.62. The van der Waals surface area contributed by atoms with Gasteiger partial charge in [0.25, 0.3) is 5.91 Å². The van der Waals surface area contributed by atoms with Crippen LogP contribution < -0.4 is 10.1 Å². The van der Waals surface area contributed by atoms with Crippen molar-refractivity contribution in [3.63, 3.8) is 0 Å². The highest BCUT2D eigenvalue weighted by atomic mass is 16.5. The number of H-pyrrole nitrogens is 1. The summed E-state index contributed by atoms with van der Waals surface area (Å²) in [6, 6.07) is 9.01. The molecule has 0 unspecified atom stereocenters. The van der Waals surface area contributed by atoms with Crippen LogP contribution in [0, 0.1) is 6.92 Å². The summed E-state index contributed by atoms with van der Waals surface area (Å²) in [5, 5.41) is 14.4. The monoisotopic (exact) mass is 395 g/mol. The van der Waals surface area contributed by atoms with Gasteiger partial charge in [-0.2, -0.15) is 5.10 Å². The van der Waals surface area contributed by atoms with Crippen LogP contribution in [-0.4, -0.2) is 46.4 Å². The molecule has 0 aliphatic carbocycles. The lowest BCUT2D eigenvalue weighted by atomic mass is 9.94. The molecule has 2 aromatic heterocycles. The van der Waals surface area contributed by atoms with Crippen molar-refractivity contribution >= 4 is 11.6 Å². The van der Waals surface area contributed by atoms with Gasteiger partial charge in [-0.05, 0) is 50.6 Å². The molecule has 4 rings (SSSR count). The first-order chi connectivity index (χ1) is 14.1. The van der Waals surface area contributed by atoms with Crippen molar-refractivity contribution in [2.45, 2.75) is 32.2 Å². The molecule has 1 fully saturated rings. The van der Waals surface area contributed by atoms with Gasteiger partial charge in [-0.15, -0.1) is 0 Å². The zero-order chi connectivity index (χ0) is 20.2. The van der Waals surface area contributed by atoms with E-state index in [9.17, 15) is 4.79 Å². The molecule has 0 saturated carbocycles. The van der Waals surface area contributed by atoms with E-state index in [1.165, 1.54) is 0 Å². The Morgan fingerprint density at radius 3 is 2.93 bits per heavy atom. The van der Waals surface area contributed by atoms with Crippen molar-refractivity contribution in [1.29, 1.82) is 0 Å². The summed E-state index contributed by atoms with van der Waals surface area (Å²) in [5.74, 6) is 1.65. The summed E-state index contributed by atoms with van der Waals surface area (Å²) >= 11 is 0. The van der Waals surface area contributed by atoms with Gasteiger partial charge in [-0.25, -0.2) is 0 Å². The maximum absolute atomic E-state index is 12.6. The summed E-state index contributed by atoms with van der Waals surface area (Å²) in [6.45, 7) is 4.55. The van der Waals surface area contributed by atoms with Crippen molar-refractivity contribution in [1.82, 2.24) is 20.3 Å².